The molecule has 0 unspecified atom stereocenters. The Morgan fingerprint density at radius 1 is 1.50 bits per heavy atom. The van der Waals surface area contributed by atoms with E-state index < -0.39 is 5.82 Å². The van der Waals surface area contributed by atoms with Gasteiger partial charge in [-0.05, 0) is 18.2 Å². The molecule has 20 heavy (non-hydrogen) atoms. The number of hydrogen-bond acceptors (Lipinski definition) is 3. The summed E-state index contributed by atoms with van der Waals surface area (Å²) in [5, 5.41) is 0. The number of fused-ring (bicyclic) bond motifs is 3. The van der Waals surface area contributed by atoms with Crippen LogP contribution in [-0.2, 0) is 6.54 Å². The van der Waals surface area contributed by atoms with E-state index in [0.717, 1.165) is 5.69 Å². The molecule has 0 saturated heterocycles. The summed E-state index contributed by atoms with van der Waals surface area (Å²) in [5.74, 6) is -0.708. The molecule has 102 valence electrons. The van der Waals surface area contributed by atoms with E-state index in [9.17, 15) is 9.18 Å². The van der Waals surface area contributed by atoms with Crippen molar-refractivity contribution in [1.29, 1.82) is 0 Å². The Kier molecular flexibility index (Phi) is 2.79. The summed E-state index contributed by atoms with van der Waals surface area (Å²) in [5.41, 5.74) is 7.72. The van der Waals surface area contributed by atoms with E-state index in [0.29, 0.717) is 17.9 Å². The van der Waals surface area contributed by atoms with E-state index in [1.807, 2.05) is 0 Å². The van der Waals surface area contributed by atoms with Crippen LogP contribution in [0.5, 0.6) is 0 Å². The fraction of sp³-hybridized carbons (Fsp3) is 0.154. The van der Waals surface area contributed by atoms with Gasteiger partial charge in [-0.1, -0.05) is 12.2 Å². The number of rotatable bonds is 1. The zero-order valence-electron chi connectivity index (χ0n) is 10.6. The first-order chi connectivity index (χ1) is 9.49. The van der Waals surface area contributed by atoms with Gasteiger partial charge in [-0.25, -0.2) is 9.37 Å². The van der Waals surface area contributed by atoms with Gasteiger partial charge in [0.25, 0.3) is 5.91 Å². The second kappa shape index (κ2) is 4.38. The van der Waals surface area contributed by atoms with E-state index in [-0.39, 0.29) is 16.5 Å². The zero-order chi connectivity index (χ0) is 14.4. The molecule has 0 aliphatic carbocycles. The number of carbonyl (C=O) groups is 1. The molecule has 0 saturated carbocycles. The van der Waals surface area contributed by atoms with Crippen LogP contribution in [0.3, 0.4) is 0 Å². The van der Waals surface area contributed by atoms with Gasteiger partial charge < -0.3 is 10.6 Å². The first-order valence-electron chi connectivity index (χ1n) is 5.90. The number of aromatic nitrogens is 2. The molecule has 0 spiro atoms. The quantitative estimate of drug-likeness (QED) is 0.802. The highest BCUT2D eigenvalue weighted by Crippen LogP contribution is 2.26. The molecular formula is C13H11FN4OS. The maximum atomic E-state index is 13.4. The Hall–Kier alpha value is -2.28. The summed E-state index contributed by atoms with van der Waals surface area (Å²) in [7, 11) is 1.64. The Morgan fingerprint density at radius 3 is 2.95 bits per heavy atom. The van der Waals surface area contributed by atoms with Crippen molar-refractivity contribution in [2.45, 2.75) is 6.54 Å². The zero-order valence-corrected chi connectivity index (χ0v) is 11.4. The third-order valence-electron chi connectivity index (χ3n) is 3.28. The average Bonchev–Trinajstić information content (AvgIpc) is 2.77. The highest BCUT2D eigenvalue weighted by Gasteiger charge is 2.27. The largest absolute Gasteiger partial charge is 0.388 e. The van der Waals surface area contributed by atoms with Gasteiger partial charge in [0, 0.05) is 7.05 Å². The van der Waals surface area contributed by atoms with Crippen LogP contribution in [0.4, 0.5) is 4.39 Å². The van der Waals surface area contributed by atoms with Crippen molar-refractivity contribution in [3.8, 4) is 5.69 Å². The molecule has 5 nitrogen and oxygen atoms in total. The number of nitrogens with zero attached hydrogens (tertiary/aromatic N) is 3. The Morgan fingerprint density at radius 2 is 2.25 bits per heavy atom. The SMILES string of the molecule is CN1Cc2c(C(N)=S)ncn2-c2ccc(F)cc2C1=O. The van der Waals surface area contributed by atoms with Crippen LogP contribution < -0.4 is 5.73 Å². The van der Waals surface area contributed by atoms with Crippen molar-refractivity contribution in [1.82, 2.24) is 14.5 Å². The Labute approximate surface area is 119 Å². The fourth-order valence-corrected chi connectivity index (χ4v) is 2.50. The topological polar surface area (TPSA) is 64.2 Å². The van der Waals surface area contributed by atoms with Gasteiger partial charge >= 0.3 is 0 Å². The van der Waals surface area contributed by atoms with Gasteiger partial charge in [-0.3, -0.25) is 9.36 Å². The summed E-state index contributed by atoms with van der Waals surface area (Å²) < 4.78 is 15.1. The van der Waals surface area contributed by atoms with Crippen molar-refractivity contribution >= 4 is 23.1 Å². The van der Waals surface area contributed by atoms with Crippen molar-refractivity contribution in [3.05, 3.63) is 47.3 Å². The third kappa shape index (κ3) is 1.78. The standard InChI is InChI=1S/C13H11FN4OS/c1-17-5-10-11(12(15)20)16-6-18(10)9-3-2-7(14)4-8(9)13(17)19/h2-4,6H,5H2,1H3,(H2,15,20). The molecule has 2 aromatic rings. The van der Waals surface area contributed by atoms with Gasteiger partial charge in [-0.2, -0.15) is 0 Å². The fourth-order valence-electron chi connectivity index (χ4n) is 2.33. The number of benzene rings is 1. The molecule has 1 aromatic carbocycles. The predicted molar refractivity (Wildman–Crippen MR) is 75.2 cm³/mol. The molecule has 1 aromatic heterocycles. The lowest BCUT2D eigenvalue weighted by molar-refractivity contribution is 0.0787. The molecular weight excluding hydrogens is 279 g/mol. The maximum Gasteiger partial charge on any atom is 0.256 e. The number of thiocarbonyl (C=S) groups is 1. The molecule has 0 bridgehead atoms. The van der Waals surface area contributed by atoms with Crippen molar-refractivity contribution in [2.24, 2.45) is 5.73 Å². The minimum Gasteiger partial charge on any atom is -0.388 e. The summed E-state index contributed by atoms with van der Waals surface area (Å²) in [4.78, 5) is 18.1. The van der Waals surface area contributed by atoms with Crippen LogP contribution in [0.2, 0.25) is 0 Å². The number of imidazole rings is 1. The number of carbonyl (C=O) groups excluding carboxylic acids is 1. The lowest BCUT2D eigenvalue weighted by Gasteiger charge is -2.14. The second-order valence-electron chi connectivity index (χ2n) is 4.60. The van der Waals surface area contributed by atoms with E-state index in [4.69, 9.17) is 18.0 Å². The normalized spacial score (nSPS) is 13.7. The van der Waals surface area contributed by atoms with Gasteiger partial charge in [0.15, 0.2) is 0 Å². The van der Waals surface area contributed by atoms with E-state index >= 15 is 0 Å². The molecule has 2 N–H and O–H groups in total. The van der Waals surface area contributed by atoms with Gasteiger partial charge in [0.1, 0.15) is 22.8 Å². The van der Waals surface area contributed by atoms with Crippen molar-refractivity contribution < 1.29 is 9.18 Å². The lowest BCUT2D eigenvalue weighted by atomic mass is 10.1. The summed E-state index contributed by atoms with van der Waals surface area (Å²) in [6, 6.07) is 4.08. The number of nitrogens with two attached hydrogens (primary N) is 1. The summed E-state index contributed by atoms with van der Waals surface area (Å²) in [6.45, 7) is 0.307. The average molecular weight is 290 g/mol. The Bertz CT molecular complexity index is 740. The van der Waals surface area contributed by atoms with Crippen LogP contribution in [0, 0.1) is 5.82 Å². The lowest BCUT2D eigenvalue weighted by Crippen LogP contribution is -2.26. The first kappa shape index (κ1) is 12.7. The highest BCUT2D eigenvalue weighted by molar-refractivity contribution is 7.80. The second-order valence-corrected chi connectivity index (χ2v) is 5.04. The third-order valence-corrected chi connectivity index (χ3v) is 3.48. The molecule has 2 heterocycles. The smallest absolute Gasteiger partial charge is 0.256 e. The van der Waals surface area contributed by atoms with E-state index in [1.54, 1.807) is 24.0 Å². The molecule has 0 atom stereocenters. The monoisotopic (exact) mass is 290 g/mol. The molecule has 0 fully saturated rings. The van der Waals surface area contributed by atoms with Crippen molar-refractivity contribution in [2.75, 3.05) is 7.05 Å². The van der Waals surface area contributed by atoms with Crippen molar-refractivity contribution in [3.63, 3.8) is 0 Å². The summed E-state index contributed by atoms with van der Waals surface area (Å²) >= 11 is 4.97. The van der Waals surface area contributed by atoms with Crippen LogP contribution in [-0.4, -0.2) is 32.4 Å². The molecule has 0 radical (unpaired) electrons. The number of halogens is 1. The molecule has 1 amide bonds. The van der Waals surface area contributed by atoms with Crippen LogP contribution in [0.25, 0.3) is 5.69 Å². The molecule has 1 aliphatic heterocycles. The molecule has 3 rings (SSSR count). The predicted octanol–water partition coefficient (Wildman–Crippen LogP) is 1.23. The van der Waals surface area contributed by atoms with Crippen LogP contribution in [0.15, 0.2) is 24.5 Å². The molecule has 1 aliphatic rings. The van der Waals surface area contributed by atoms with Crippen LogP contribution in [0.1, 0.15) is 21.7 Å². The minimum absolute atomic E-state index is 0.171. The van der Waals surface area contributed by atoms with E-state index in [2.05, 4.69) is 4.98 Å². The number of hydrogen-bond donors (Lipinski definition) is 1. The molecule has 7 heteroatoms. The Balaban J connectivity index is 2.31. The highest BCUT2D eigenvalue weighted by atomic mass is 32.1. The van der Waals surface area contributed by atoms with E-state index in [1.165, 1.54) is 17.0 Å². The maximum absolute atomic E-state index is 13.4. The number of amides is 1. The minimum atomic E-state index is -0.455. The van der Waals surface area contributed by atoms with Gasteiger partial charge in [-0.15, -0.1) is 0 Å². The van der Waals surface area contributed by atoms with Gasteiger partial charge in [0.05, 0.1) is 23.5 Å². The van der Waals surface area contributed by atoms with Gasteiger partial charge in [0.2, 0.25) is 0 Å². The first-order valence-corrected chi connectivity index (χ1v) is 6.31. The van der Waals surface area contributed by atoms with Crippen LogP contribution >= 0.6 is 12.2 Å². The summed E-state index contributed by atoms with van der Waals surface area (Å²) in [6.07, 6.45) is 1.55.